The van der Waals surface area contributed by atoms with Crippen LogP contribution in [-0.2, 0) is 11.3 Å². The van der Waals surface area contributed by atoms with Gasteiger partial charge in [-0.2, -0.15) is 0 Å². The van der Waals surface area contributed by atoms with Crippen LogP contribution in [0.3, 0.4) is 0 Å². The Bertz CT molecular complexity index is 567. The fraction of sp³-hybridized carbons (Fsp3) is 0.593. The monoisotopic (exact) mass is 433 g/mol. The number of hydrogen-bond acceptors (Lipinski definition) is 2. The summed E-state index contributed by atoms with van der Waals surface area (Å²) in [6.07, 6.45) is 21.9. The Labute approximate surface area is 192 Å². The number of carbonyl (C=O) groups is 1. The van der Waals surface area contributed by atoms with Crippen molar-refractivity contribution in [3.05, 3.63) is 60.3 Å². The largest absolute Gasteiger partial charge is 0.379 e. The number of rotatable bonds is 19. The zero-order chi connectivity index (χ0) is 21.0. The van der Waals surface area contributed by atoms with Crippen LogP contribution < -0.4 is 5.32 Å². The van der Waals surface area contributed by atoms with Crippen LogP contribution in [0.25, 0.3) is 0 Å². The number of benzene rings is 1. The molecule has 170 valence electrons. The predicted molar refractivity (Wildman–Crippen MR) is 134 cm³/mol. The van der Waals surface area contributed by atoms with E-state index in [1.807, 2.05) is 18.2 Å². The minimum Gasteiger partial charge on any atom is -0.379 e. The van der Waals surface area contributed by atoms with E-state index < -0.39 is 0 Å². The molecular weight excluding hydrogens is 390 g/mol. The van der Waals surface area contributed by atoms with Crippen molar-refractivity contribution in [2.45, 2.75) is 103 Å². The molecule has 0 aliphatic rings. The minimum absolute atomic E-state index is 0. The van der Waals surface area contributed by atoms with Gasteiger partial charge in [-0.05, 0) is 37.7 Å². The van der Waals surface area contributed by atoms with Gasteiger partial charge < -0.3 is 5.32 Å². The highest BCUT2D eigenvalue weighted by atomic mass is 35.5. The number of hydrogen-bond donors (Lipinski definition) is 1. The third kappa shape index (κ3) is 16.3. The van der Waals surface area contributed by atoms with Gasteiger partial charge in [0.15, 0.2) is 5.78 Å². The second-order valence-electron chi connectivity index (χ2n) is 8.08. The van der Waals surface area contributed by atoms with Gasteiger partial charge in [0, 0.05) is 13.0 Å². The van der Waals surface area contributed by atoms with E-state index in [0.717, 1.165) is 12.8 Å². The van der Waals surface area contributed by atoms with Gasteiger partial charge in [0.25, 0.3) is 0 Å². The van der Waals surface area contributed by atoms with Crippen molar-refractivity contribution in [2.24, 2.45) is 0 Å². The van der Waals surface area contributed by atoms with Crippen molar-refractivity contribution in [3.63, 3.8) is 0 Å². The fourth-order valence-electron chi connectivity index (χ4n) is 3.41. The second-order valence-corrected chi connectivity index (χ2v) is 8.08. The lowest BCUT2D eigenvalue weighted by atomic mass is 10.1. The first kappa shape index (κ1) is 28.5. The van der Waals surface area contributed by atoms with Crippen molar-refractivity contribution in [2.75, 3.05) is 0 Å². The van der Waals surface area contributed by atoms with Crippen LogP contribution in [0.2, 0.25) is 0 Å². The molecule has 0 saturated carbocycles. The molecule has 0 heterocycles. The third-order valence-corrected chi connectivity index (χ3v) is 5.35. The van der Waals surface area contributed by atoms with Crippen molar-refractivity contribution >= 4 is 18.2 Å². The molecule has 0 atom stereocenters. The quantitative estimate of drug-likeness (QED) is 0.135. The predicted octanol–water partition coefficient (Wildman–Crippen LogP) is 8.32. The van der Waals surface area contributed by atoms with Crippen molar-refractivity contribution in [3.8, 4) is 0 Å². The van der Waals surface area contributed by atoms with Crippen LogP contribution in [0, 0.1) is 0 Å². The number of carbonyl (C=O) groups excluding carboxylic acids is 1. The van der Waals surface area contributed by atoms with Gasteiger partial charge in [-0.25, -0.2) is 0 Å². The van der Waals surface area contributed by atoms with Gasteiger partial charge in [-0.1, -0.05) is 107 Å². The molecule has 1 rings (SSSR count). The first-order valence-corrected chi connectivity index (χ1v) is 11.9. The van der Waals surface area contributed by atoms with Gasteiger partial charge in [0.05, 0.1) is 5.70 Å². The Kier molecular flexibility index (Phi) is 19.7. The van der Waals surface area contributed by atoms with Crippen molar-refractivity contribution in [1.82, 2.24) is 5.32 Å². The molecule has 0 saturated heterocycles. The molecule has 0 fully saturated rings. The highest BCUT2D eigenvalue weighted by Crippen LogP contribution is 2.11. The van der Waals surface area contributed by atoms with Crippen LogP contribution in [0.5, 0.6) is 0 Å². The second kappa shape index (κ2) is 20.7. The Hall–Kier alpha value is -1.54. The van der Waals surface area contributed by atoms with Crippen molar-refractivity contribution in [1.29, 1.82) is 0 Å². The van der Waals surface area contributed by atoms with Gasteiger partial charge in [-0.15, -0.1) is 12.4 Å². The Morgan fingerprint density at radius 1 is 0.833 bits per heavy atom. The molecular formula is C27H44ClNO. The highest BCUT2D eigenvalue weighted by molar-refractivity contribution is 5.94. The van der Waals surface area contributed by atoms with Crippen molar-refractivity contribution < 1.29 is 4.79 Å². The topological polar surface area (TPSA) is 29.1 Å². The third-order valence-electron chi connectivity index (χ3n) is 5.35. The molecule has 0 aliphatic carbocycles. The summed E-state index contributed by atoms with van der Waals surface area (Å²) in [5, 5.41) is 3.15. The molecule has 0 amide bonds. The molecule has 0 spiro atoms. The summed E-state index contributed by atoms with van der Waals surface area (Å²) in [7, 11) is 0. The summed E-state index contributed by atoms with van der Waals surface area (Å²) in [5.41, 5.74) is 1.71. The first-order chi connectivity index (χ1) is 14.2. The molecule has 0 aliphatic heterocycles. The number of Topliss-reactive ketones (excluding diaryl/α,β-unsaturated/α-hetero) is 1. The van der Waals surface area contributed by atoms with E-state index in [1.54, 1.807) is 0 Å². The molecule has 1 aromatic carbocycles. The average Bonchev–Trinajstić information content (AvgIpc) is 2.75. The zero-order valence-corrected chi connectivity index (χ0v) is 20.0. The Balaban J connectivity index is 0.00000841. The van der Waals surface area contributed by atoms with Crippen LogP contribution in [-0.4, -0.2) is 5.78 Å². The number of halogens is 1. The fourth-order valence-corrected chi connectivity index (χ4v) is 3.41. The maximum Gasteiger partial charge on any atom is 0.178 e. The molecule has 0 radical (unpaired) electrons. The summed E-state index contributed by atoms with van der Waals surface area (Å²) < 4.78 is 0. The molecule has 3 heteroatoms. The lowest BCUT2D eigenvalue weighted by molar-refractivity contribution is -0.116. The molecule has 0 bridgehead atoms. The maximum absolute atomic E-state index is 12.1. The smallest absolute Gasteiger partial charge is 0.178 e. The summed E-state index contributed by atoms with van der Waals surface area (Å²) in [4.78, 5) is 12.1. The summed E-state index contributed by atoms with van der Waals surface area (Å²) in [6.45, 7) is 6.82. The van der Waals surface area contributed by atoms with Crippen LogP contribution >= 0.6 is 12.4 Å². The standard InChI is InChI=1S/C27H43NO.ClH/c1-3-4-5-6-7-8-9-10-11-12-13-14-15-16-20-23-27(29)25(2)28-24-26-21-18-17-19-22-26;/h10-11,17-19,21-22,28H,2-9,12-16,20,23-24H2,1H3;1H/b11-10-;. The van der Waals surface area contributed by atoms with Crippen LogP contribution in [0.1, 0.15) is 102 Å². The average molecular weight is 434 g/mol. The SMILES string of the molecule is C=C(NCc1ccccc1)C(=O)CCCCCCC/C=C\CCCCCCCC.Cl. The maximum atomic E-state index is 12.1. The van der Waals surface area contributed by atoms with E-state index in [2.05, 4.69) is 43.1 Å². The highest BCUT2D eigenvalue weighted by Gasteiger charge is 2.06. The van der Waals surface area contributed by atoms with E-state index in [0.29, 0.717) is 18.7 Å². The normalized spacial score (nSPS) is 10.7. The van der Waals surface area contributed by atoms with Gasteiger partial charge >= 0.3 is 0 Å². The minimum atomic E-state index is 0. The van der Waals surface area contributed by atoms with Gasteiger partial charge in [-0.3, -0.25) is 4.79 Å². The molecule has 0 aromatic heterocycles. The Morgan fingerprint density at radius 3 is 1.97 bits per heavy atom. The van der Waals surface area contributed by atoms with Gasteiger partial charge in [0.1, 0.15) is 0 Å². The van der Waals surface area contributed by atoms with E-state index in [-0.39, 0.29) is 18.2 Å². The number of unbranched alkanes of at least 4 members (excludes halogenated alkanes) is 11. The van der Waals surface area contributed by atoms with Crippen LogP contribution in [0.15, 0.2) is 54.8 Å². The van der Waals surface area contributed by atoms with Crippen LogP contribution in [0.4, 0.5) is 0 Å². The summed E-state index contributed by atoms with van der Waals surface area (Å²) >= 11 is 0. The zero-order valence-electron chi connectivity index (χ0n) is 19.2. The Morgan fingerprint density at radius 2 is 1.37 bits per heavy atom. The number of ketones is 1. The van der Waals surface area contributed by atoms with E-state index in [9.17, 15) is 4.79 Å². The van der Waals surface area contributed by atoms with Gasteiger partial charge in [0.2, 0.25) is 0 Å². The van der Waals surface area contributed by atoms with E-state index in [1.165, 1.54) is 76.2 Å². The number of allylic oxidation sites excluding steroid dienone is 3. The first-order valence-electron chi connectivity index (χ1n) is 11.9. The summed E-state index contributed by atoms with van der Waals surface area (Å²) in [5.74, 6) is 0.151. The molecule has 0 unspecified atom stereocenters. The van der Waals surface area contributed by atoms with E-state index in [4.69, 9.17) is 0 Å². The molecule has 1 N–H and O–H groups in total. The number of nitrogens with one attached hydrogen (secondary N) is 1. The lowest BCUT2D eigenvalue weighted by Crippen LogP contribution is -2.19. The molecule has 2 nitrogen and oxygen atoms in total. The molecule has 30 heavy (non-hydrogen) atoms. The lowest BCUT2D eigenvalue weighted by Gasteiger charge is -2.08. The van der Waals surface area contributed by atoms with E-state index >= 15 is 0 Å². The summed E-state index contributed by atoms with van der Waals surface area (Å²) in [6, 6.07) is 10.1. The molecule has 1 aromatic rings.